The fraction of sp³-hybridized carbons (Fsp3) is 0.526. The lowest BCUT2D eigenvalue weighted by molar-refractivity contribution is -0.123. The van der Waals surface area contributed by atoms with Gasteiger partial charge in [-0.2, -0.15) is 0 Å². The van der Waals surface area contributed by atoms with Crippen LogP contribution in [0, 0.1) is 5.92 Å². The summed E-state index contributed by atoms with van der Waals surface area (Å²) in [4.78, 5) is 16.3. The number of piperidine rings is 1. The lowest BCUT2D eigenvalue weighted by Gasteiger charge is -2.31. The highest BCUT2D eigenvalue weighted by atomic mass is 32.2. The van der Waals surface area contributed by atoms with Gasteiger partial charge in [-0.25, -0.2) is 0 Å². The van der Waals surface area contributed by atoms with Crippen molar-refractivity contribution in [2.24, 2.45) is 5.92 Å². The molecule has 1 saturated heterocycles. The predicted octanol–water partition coefficient (Wildman–Crippen LogP) is 4.27. The molecule has 2 heterocycles. The summed E-state index contributed by atoms with van der Waals surface area (Å²) in [7, 11) is 0. The summed E-state index contributed by atoms with van der Waals surface area (Å²) in [5, 5.41) is 0. The van der Waals surface area contributed by atoms with Crippen molar-refractivity contribution in [1.29, 1.82) is 0 Å². The van der Waals surface area contributed by atoms with Crippen molar-refractivity contribution in [3.8, 4) is 0 Å². The fourth-order valence-corrected chi connectivity index (χ4v) is 4.60. The molecule has 0 spiro atoms. The summed E-state index contributed by atoms with van der Waals surface area (Å²) in [6, 6.07) is 10.6. The third-order valence-corrected chi connectivity index (χ3v) is 6.11. The number of rotatable bonds is 5. The number of hydrogen-bond acceptors (Lipinski definition) is 3. The van der Waals surface area contributed by atoms with Crippen LogP contribution in [-0.4, -0.2) is 29.5 Å². The zero-order valence-corrected chi connectivity index (χ0v) is 14.2. The molecule has 2 nitrogen and oxygen atoms in total. The summed E-state index contributed by atoms with van der Waals surface area (Å²) < 4.78 is 0. The minimum absolute atomic E-state index is 0.286. The van der Waals surface area contributed by atoms with E-state index in [0.717, 1.165) is 32.5 Å². The highest BCUT2D eigenvalue weighted by molar-refractivity contribution is 8.03. The van der Waals surface area contributed by atoms with E-state index in [4.69, 9.17) is 0 Å². The highest BCUT2D eigenvalue weighted by Crippen LogP contribution is 2.35. The maximum atomic E-state index is 12.5. The molecule has 1 fully saturated rings. The number of hydrogen-bond donors (Lipinski definition) is 0. The predicted molar refractivity (Wildman–Crippen MR) is 93.8 cm³/mol. The second kappa shape index (κ2) is 7.47. The molecule has 0 aliphatic carbocycles. The summed E-state index contributed by atoms with van der Waals surface area (Å²) in [6.45, 7) is 5.31. The maximum absolute atomic E-state index is 12.5. The first-order chi connectivity index (χ1) is 10.7. The van der Waals surface area contributed by atoms with E-state index in [1.807, 2.05) is 11.8 Å². The molecule has 0 saturated carbocycles. The van der Waals surface area contributed by atoms with Crippen LogP contribution in [0.15, 0.2) is 40.8 Å². The standard InChI is InChI=1S/C19H25NOS/c1-15-9-12-22-19(15)13-18(21)17-7-10-20(11-8-17)14-16-5-3-2-4-6-16/h2-6,17H,7-14H2,1H3. The van der Waals surface area contributed by atoms with E-state index in [2.05, 4.69) is 42.2 Å². The van der Waals surface area contributed by atoms with Gasteiger partial charge in [0.25, 0.3) is 0 Å². The van der Waals surface area contributed by atoms with Gasteiger partial charge < -0.3 is 0 Å². The van der Waals surface area contributed by atoms with Crippen LogP contribution in [0.25, 0.3) is 0 Å². The van der Waals surface area contributed by atoms with E-state index >= 15 is 0 Å². The van der Waals surface area contributed by atoms with Crippen LogP contribution in [0.5, 0.6) is 0 Å². The zero-order chi connectivity index (χ0) is 15.4. The van der Waals surface area contributed by atoms with Crippen molar-refractivity contribution >= 4 is 17.5 Å². The minimum Gasteiger partial charge on any atom is -0.299 e. The van der Waals surface area contributed by atoms with Gasteiger partial charge >= 0.3 is 0 Å². The third-order valence-electron chi connectivity index (χ3n) is 4.86. The van der Waals surface area contributed by atoms with Crippen LogP contribution < -0.4 is 0 Å². The summed E-state index contributed by atoms with van der Waals surface area (Å²) in [5.74, 6) is 1.93. The number of carbonyl (C=O) groups excluding carboxylic acids is 1. The maximum Gasteiger partial charge on any atom is 0.140 e. The number of ketones is 1. The SMILES string of the molecule is CC1=C(CC(=O)C2CCN(Cc3ccccc3)CC2)SCC1. The van der Waals surface area contributed by atoms with Crippen molar-refractivity contribution in [3.05, 3.63) is 46.4 Å². The molecule has 0 bridgehead atoms. The van der Waals surface area contributed by atoms with Gasteiger partial charge in [0.15, 0.2) is 0 Å². The van der Waals surface area contributed by atoms with Crippen LogP contribution in [0.4, 0.5) is 0 Å². The van der Waals surface area contributed by atoms with Crippen LogP contribution in [-0.2, 0) is 11.3 Å². The second-order valence-electron chi connectivity index (χ2n) is 6.48. The Hall–Kier alpha value is -1.06. The number of allylic oxidation sites excluding steroid dienone is 2. The number of benzene rings is 1. The van der Waals surface area contributed by atoms with Crippen molar-refractivity contribution < 1.29 is 4.79 Å². The Labute approximate surface area is 138 Å². The molecule has 0 radical (unpaired) electrons. The molecule has 0 N–H and O–H groups in total. The minimum atomic E-state index is 0.286. The molecule has 1 aromatic rings. The lowest BCUT2D eigenvalue weighted by atomic mass is 9.90. The Kier molecular flexibility index (Phi) is 5.37. The lowest BCUT2D eigenvalue weighted by Crippen LogP contribution is -2.35. The Morgan fingerprint density at radius 3 is 2.59 bits per heavy atom. The van der Waals surface area contributed by atoms with Gasteiger partial charge in [0.2, 0.25) is 0 Å². The van der Waals surface area contributed by atoms with Crippen LogP contribution in [0.1, 0.15) is 38.2 Å². The molecule has 0 unspecified atom stereocenters. The van der Waals surface area contributed by atoms with E-state index < -0.39 is 0 Å². The Morgan fingerprint density at radius 1 is 1.23 bits per heavy atom. The molecule has 3 rings (SSSR count). The molecule has 0 amide bonds. The van der Waals surface area contributed by atoms with Gasteiger partial charge in [-0.1, -0.05) is 35.9 Å². The fourth-order valence-electron chi connectivity index (χ4n) is 3.35. The van der Waals surface area contributed by atoms with Crippen molar-refractivity contribution in [1.82, 2.24) is 4.90 Å². The summed E-state index contributed by atoms with van der Waals surface area (Å²) in [5.41, 5.74) is 2.82. The van der Waals surface area contributed by atoms with Crippen LogP contribution >= 0.6 is 11.8 Å². The second-order valence-corrected chi connectivity index (χ2v) is 7.67. The van der Waals surface area contributed by atoms with Crippen molar-refractivity contribution in [2.75, 3.05) is 18.8 Å². The van der Waals surface area contributed by atoms with Gasteiger partial charge in [0.05, 0.1) is 0 Å². The Balaban J connectivity index is 1.47. The molecule has 0 atom stereocenters. The average Bonchev–Trinajstić information content (AvgIpc) is 2.94. The topological polar surface area (TPSA) is 20.3 Å². The van der Waals surface area contributed by atoms with Crippen molar-refractivity contribution in [3.63, 3.8) is 0 Å². The normalized spacial score (nSPS) is 20.6. The molecule has 2 aliphatic heterocycles. The summed E-state index contributed by atoms with van der Waals surface area (Å²) >= 11 is 1.89. The molecular weight excluding hydrogens is 290 g/mol. The van der Waals surface area contributed by atoms with E-state index in [1.165, 1.54) is 28.2 Å². The van der Waals surface area contributed by atoms with E-state index in [1.54, 1.807) is 0 Å². The van der Waals surface area contributed by atoms with E-state index in [-0.39, 0.29) is 5.92 Å². The van der Waals surface area contributed by atoms with Crippen molar-refractivity contribution in [2.45, 2.75) is 39.2 Å². The molecule has 0 aromatic heterocycles. The molecule has 1 aromatic carbocycles. The number of likely N-dealkylation sites (tertiary alicyclic amines) is 1. The van der Waals surface area contributed by atoms with E-state index in [0.29, 0.717) is 12.2 Å². The van der Waals surface area contributed by atoms with Gasteiger partial charge in [-0.05, 0) is 49.7 Å². The number of carbonyl (C=O) groups is 1. The van der Waals surface area contributed by atoms with Gasteiger partial charge in [-0.15, -0.1) is 11.8 Å². The smallest absolute Gasteiger partial charge is 0.140 e. The largest absolute Gasteiger partial charge is 0.299 e. The number of thioether (sulfide) groups is 1. The number of nitrogens with zero attached hydrogens (tertiary/aromatic N) is 1. The Bertz CT molecular complexity index is 544. The first-order valence-corrected chi connectivity index (χ1v) is 9.31. The molecule has 22 heavy (non-hydrogen) atoms. The molecule has 118 valence electrons. The van der Waals surface area contributed by atoms with E-state index in [9.17, 15) is 4.79 Å². The molecule has 2 aliphatic rings. The monoisotopic (exact) mass is 315 g/mol. The van der Waals surface area contributed by atoms with Gasteiger partial charge in [0.1, 0.15) is 5.78 Å². The van der Waals surface area contributed by atoms with Crippen LogP contribution in [0.3, 0.4) is 0 Å². The average molecular weight is 315 g/mol. The van der Waals surface area contributed by atoms with Gasteiger partial charge in [-0.3, -0.25) is 9.69 Å². The molecular formula is C19H25NOS. The first-order valence-electron chi connectivity index (χ1n) is 8.33. The number of Topliss-reactive ketones (excluding diaryl/α,β-unsaturated/α-hetero) is 1. The summed E-state index contributed by atoms with van der Waals surface area (Å²) in [6.07, 6.45) is 3.92. The zero-order valence-electron chi connectivity index (χ0n) is 13.4. The highest BCUT2D eigenvalue weighted by Gasteiger charge is 2.26. The molecule has 3 heteroatoms. The van der Waals surface area contributed by atoms with Gasteiger partial charge in [0, 0.05) is 24.6 Å². The van der Waals surface area contributed by atoms with Crippen LogP contribution in [0.2, 0.25) is 0 Å². The Morgan fingerprint density at radius 2 is 1.95 bits per heavy atom. The third kappa shape index (κ3) is 4.02. The quantitative estimate of drug-likeness (QED) is 0.809. The first kappa shape index (κ1) is 15.8.